The lowest BCUT2D eigenvalue weighted by atomic mass is 9.97. The number of hydrogen-bond acceptors (Lipinski definition) is 14. The summed E-state index contributed by atoms with van der Waals surface area (Å²) in [5.41, 5.74) is 6.51. The lowest BCUT2D eigenvalue weighted by Gasteiger charge is -2.44. The van der Waals surface area contributed by atoms with Gasteiger partial charge in [-0.1, -0.05) is 11.3 Å². The second-order valence-electron chi connectivity index (χ2n) is 8.48. The van der Waals surface area contributed by atoms with Gasteiger partial charge in [0, 0.05) is 33.4 Å². The Balaban J connectivity index is 1.89. The first-order chi connectivity index (χ1) is 18.4. The maximum atomic E-state index is 12.3. The monoisotopic (exact) mass is 548 g/mol. The summed E-state index contributed by atoms with van der Waals surface area (Å²) in [7, 11) is 0. The van der Waals surface area contributed by atoms with E-state index in [1.54, 1.807) is 12.1 Å². The lowest BCUT2D eigenvalue weighted by Crippen LogP contribution is -2.60. The summed E-state index contributed by atoms with van der Waals surface area (Å²) < 4.78 is 33.6. The third-order valence-electron chi connectivity index (χ3n) is 5.26. The van der Waals surface area contributed by atoms with Crippen molar-refractivity contribution in [1.82, 2.24) is 15.0 Å². The van der Waals surface area contributed by atoms with E-state index in [0.717, 1.165) is 25.5 Å². The van der Waals surface area contributed by atoms with Gasteiger partial charge in [-0.15, -0.1) is 5.10 Å². The van der Waals surface area contributed by atoms with E-state index in [4.69, 9.17) is 34.2 Å². The molecule has 2 N–H and O–H groups in total. The number of nitrogens with two attached hydrogens (primary N) is 1. The Morgan fingerprint density at radius 1 is 0.897 bits per heavy atom. The lowest BCUT2D eigenvalue weighted by molar-refractivity contribution is -0.270. The summed E-state index contributed by atoms with van der Waals surface area (Å²) >= 11 is 0. The van der Waals surface area contributed by atoms with Crippen molar-refractivity contribution in [3.63, 3.8) is 0 Å². The summed E-state index contributed by atoms with van der Waals surface area (Å²) in [6, 6.07) is 6.21. The van der Waals surface area contributed by atoms with Gasteiger partial charge in [-0.05, 0) is 18.2 Å². The topological polar surface area (TPSA) is 197 Å². The molecule has 1 saturated heterocycles. The number of anilines is 1. The Hall–Kier alpha value is -4.53. The highest BCUT2D eigenvalue weighted by Crippen LogP contribution is 2.34. The fourth-order valence-electron chi connectivity index (χ4n) is 3.81. The maximum Gasteiger partial charge on any atom is 0.338 e. The first kappa shape index (κ1) is 29.0. The zero-order valence-corrected chi connectivity index (χ0v) is 21.6. The van der Waals surface area contributed by atoms with Gasteiger partial charge in [-0.25, -0.2) is 9.48 Å². The summed E-state index contributed by atoms with van der Waals surface area (Å²) in [5, 5.41) is 7.93. The van der Waals surface area contributed by atoms with Crippen molar-refractivity contribution in [2.24, 2.45) is 0 Å². The molecule has 15 heteroatoms. The second-order valence-corrected chi connectivity index (χ2v) is 8.48. The number of carbonyl (C=O) groups excluding carboxylic acids is 5. The molecular weight excluding hydrogens is 520 g/mol. The SMILES string of the molecule is CC(=O)OC[C@H]1O[C@H](n2cc(COC(=O)c3cccc(N)c3)nn2)[C@@H](OC(C)=O)[C@@H](OC(C)=O)[C@@H]1OC(C)=O. The zero-order valence-electron chi connectivity index (χ0n) is 21.6. The molecule has 1 aliphatic rings. The van der Waals surface area contributed by atoms with Crippen LogP contribution in [-0.2, 0) is 54.2 Å². The number of benzene rings is 1. The van der Waals surface area contributed by atoms with Crippen LogP contribution >= 0.6 is 0 Å². The first-order valence-corrected chi connectivity index (χ1v) is 11.7. The Kier molecular flexibility index (Phi) is 9.54. The standard InChI is InChI=1S/C24H28N4O11/c1-12(29)34-11-19-20(36-13(2)30)21(37-14(3)31)22(38-15(4)32)23(39-19)28-9-18(26-27-28)10-35-24(33)16-6-5-7-17(25)8-16/h5-9,19-23H,10-11,25H2,1-4H3/t19-,20-,21+,22+,23+/m1/s1. The van der Waals surface area contributed by atoms with Gasteiger partial charge in [-0.2, -0.15) is 0 Å². The number of carbonyl (C=O) groups is 5. The third-order valence-corrected chi connectivity index (χ3v) is 5.26. The molecule has 1 aromatic heterocycles. The van der Waals surface area contributed by atoms with Crippen molar-refractivity contribution >= 4 is 35.5 Å². The van der Waals surface area contributed by atoms with Gasteiger partial charge < -0.3 is 34.2 Å². The zero-order chi connectivity index (χ0) is 28.7. The molecule has 5 atom stereocenters. The predicted octanol–water partition coefficient (Wildman–Crippen LogP) is 0.473. The highest BCUT2D eigenvalue weighted by molar-refractivity contribution is 5.90. The number of nitrogens with zero attached hydrogens (tertiary/aromatic N) is 3. The molecule has 0 amide bonds. The average Bonchev–Trinajstić information content (AvgIpc) is 3.31. The number of esters is 5. The van der Waals surface area contributed by atoms with Crippen molar-refractivity contribution in [2.45, 2.75) is 64.9 Å². The molecule has 39 heavy (non-hydrogen) atoms. The van der Waals surface area contributed by atoms with Gasteiger partial charge in [0.25, 0.3) is 0 Å². The number of aromatic nitrogens is 3. The van der Waals surface area contributed by atoms with Gasteiger partial charge in [-0.3, -0.25) is 19.2 Å². The van der Waals surface area contributed by atoms with Crippen LogP contribution in [0.4, 0.5) is 5.69 Å². The van der Waals surface area contributed by atoms with Gasteiger partial charge in [0.05, 0.1) is 11.8 Å². The van der Waals surface area contributed by atoms with Crippen molar-refractivity contribution in [3.8, 4) is 0 Å². The maximum absolute atomic E-state index is 12.3. The van der Waals surface area contributed by atoms with Crippen LogP contribution in [0.5, 0.6) is 0 Å². The Morgan fingerprint density at radius 2 is 1.54 bits per heavy atom. The molecule has 0 spiro atoms. The van der Waals surface area contributed by atoms with Gasteiger partial charge in [0.1, 0.15) is 25.0 Å². The summed E-state index contributed by atoms with van der Waals surface area (Å²) in [6.07, 6.45) is -5.14. The van der Waals surface area contributed by atoms with Crippen LogP contribution in [0.2, 0.25) is 0 Å². The molecule has 15 nitrogen and oxygen atoms in total. The molecule has 0 bridgehead atoms. The first-order valence-electron chi connectivity index (χ1n) is 11.7. The van der Waals surface area contributed by atoms with E-state index < -0.39 is 67.1 Å². The largest absolute Gasteiger partial charge is 0.463 e. The summed E-state index contributed by atoms with van der Waals surface area (Å²) in [5.74, 6) is -3.58. The van der Waals surface area contributed by atoms with Crippen molar-refractivity contribution < 1.29 is 52.4 Å². The Labute approximate surface area is 222 Å². The number of ether oxygens (including phenoxy) is 6. The molecule has 1 aliphatic heterocycles. The average molecular weight is 549 g/mol. The summed E-state index contributed by atoms with van der Waals surface area (Å²) in [6.45, 7) is 3.85. The van der Waals surface area contributed by atoms with Gasteiger partial charge in [0.2, 0.25) is 0 Å². The number of rotatable bonds is 9. The van der Waals surface area contributed by atoms with Crippen LogP contribution in [0.25, 0.3) is 0 Å². The molecule has 1 fully saturated rings. The van der Waals surface area contributed by atoms with Crippen LogP contribution in [-0.4, -0.2) is 75.9 Å². The van der Waals surface area contributed by atoms with Crippen molar-refractivity contribution in [1.29, 1.82) is 0 Å². The van der Waals surface area contributed by atoms with Crippen LogP contribution in [0.3, 0.4) is 0 Å². The molecule has 0 aliphatic carbocycles. The molecule has 3 rings (SSSR count). The molecule has 1 aromatic carbocycles. The predicted molar refractivity (Wildman–Crippen MR) is 127 cm³/mol. The Morgan fingerprint density at radius 3 is 2.15 bits per heavy atom. The van der Waals surface area contributed by atoms with E-state index in [2.05, 4.69) is 10.3 Å². The minimum Gasteiger partial charge on any atom is -0.463 e. The van der Waals surface area contributed by atoms with E-state index in [1.165, 1.54) is 25.3 Å². The molecule has 2 aromatic rings. The normalized spacial score (nSPS) is 22.3. The quantitative estimate of drug-likeness (QED) is 0.258. The number of hydrogen-bond donors (Lipinski definition) is 1. The smallest absolute Gasteiger partial charge is 0.338 e. The minimum atomic E-state index is -1.37. The molecule has 0 unspecified atom stereocenters. The molecule has 0 saturated carbocycles. The highest BCUT2D eigenvalue weighted by Gasteiger charge is 2.53. The van der Waals surface area contributed by atoms with Gasteiger partial charge >= 0.3 is 29.8 Å². The fourth-order valence-corrected chi connectivity index (χ4v) is 3.81. The van der Waals surface area contributed by atoms with E-state index in [0.29, 0.717) is 5.69 Å². The molecule has 210 valence electrons. The minimum absolute atomic E-state index is 0.195. The Bertz CT molecular complexity index is 1230. The number of nitrogen functional groups attached to an aromatic ring is 1. The van der Waals surface area contributed by atoms with Crippen LogP contribution in [0.15, 0.2) is 30.5 Å². The van der Waals surface area contributed by atoms with Crippen LogP contribution in [0.1, 0.15) is 50.0 Å². The highest BCUT2D eigenvalue weighted by atomic mass is 16.7. The van der Waals surface area contributed by atoms with Crippen LogP contribution < -0.4 is 5.73 Å². The van der Waals surface area contributed by atoms with Gasteiger partial charge in [0.15, 0.2) is 24.5 Å². The van der Waals surface area contributed by atoms with E-state index in [9.17, 15) is 24.0 Å². The third kappa shape index (κ3) is 7.98. The summed E-state index contributed by atoms with van der Waals surface area (Å²) in [4.78, 5) is 59.6. The van der Waals surface area contributed by atoms with E-state index in [-0.39, 0.29) is 17.9 Å². The molecule has 0 radical (unpaired) electrons. The van der Waals surface area contributed by atoms with E-state index >= 15 is 0 Å². The second kappa shape index (κ2) is 12.8. The van der Waals surface area contributed by atoms with Crippen molar-refractivity contribution in [2.75, 3.05) is 12.3 Å². The molecule has 2 heterocycles. The van der Waals surface area contributed by atoms with E-state index in [1.807, 2.05) is 0 Å². The fraction of sp³-hybridized carbons (Fsp3) is 0.458. The van der Waals surface area contributed by atoms with Crippen LogP contribution in [0, 0.1) is 0 Å². The van der Waals surface area contributed by atoms with Crippen molar-refractivity contribution in [3.05, 3.63) is 41.7 Å². The molecular formula is C24H28N4O11.